The molecule has 0 aromatic heterocycles. The van der Waals surface area contributed by atoms with E-state index in [0.29, 0.717) is 31.1 Å². The first-order valence-corrected chi connectivity index (χ1v) is 13.2. The predicted octanol–water partition coefficient (Wildman–Crippen LogP) is 4.07. The Morgan fingerprint density at radius 2 is 1.63 bits per heavy atom. The molecule has 5 rings (SSSR count). The van der Waals surface area contributed by atoms with Crippen LogP contribution in [0.4, 0.5) is 11.4 Å². The fourth-order valence-corrected chi connectivity index (χ4v) is 6.58. The van der Waals surface area contributed by atoms with Crippen LogP contribution in [0.2, 0.25) is 0 Å². The van der Waals surface area contributed by atoms with Crippen molar-refractivity contribution in [2.24, 2.45) is 0 Å². The molecule has 2 unspecified atom stereocenters. The summed E-state index contributed by atoms with van der Waals surface area (Å²) in [4.78, 5) is 16.1. The average Bonchev–Trinajstić information content (AvgIpc) is 2.88. The molecule has 35 heavy (non-hydrogen) atoms. The molecule has 0 bridgehead atoms. The molecule has 2 aliphatic heterocycles. The van der Waals surface area contributed by atoms with Crippen LogP contribution in [0.5, 0.6) is 5.75 Å². The van der Waals surface area contributed by atoms with Crippen LogP contribution in [0.15, 0.2) is 83.8 Å². The molecule has 182 valence electrons. The number of rotatable bonds is 4. The number of carbonyl (C=O) groups is 1. The fourth-order valence-electron chi connectivity index (χ4n) is 4.92. The van der Waals surface area contributed by atoms with Gasteiger partial charge in [-0.15, -0.1) is 0 Å². The Kier molecular flexibility index (Phi) is 6.15. The van der Waals surface area contributed by atoms with Gasteiger partial charge in [-0.1, -0.05) is 48.5 Å². The molecule has 0 radical (unpaired) electrons. The lowest BCUT2D eigenvalue weighted by molar-refractivity contribution is -0.129. The van der Waals surface area contributed by atoms with E-state index in [4.69, 9.17) is 4.74 Å². The number of fused-ring (bicyclic) bond motifs is 1. The van der Waals surface area contributed by atoms with Crippen LogP contribution in [0.3, 0.4) is 0 Å². The van der Waals surface area contributed by atoms with E-state index in [1.165, 1.54) is 4.31 Å². The number of amides is 1. The lowest BCUT2D eigenvalue weighted by atomic mass is 10.1. The molecule has 0 saturated carbocycles. The molecule has 0 N–H and O–H groups in total. The highest BCUT2D eigenvalue weighted by Crippen LogP contribution is 2.44. The topological polar surface area (TPSA) is 70.2 Å². The highest BCUT2D eigenvalue weighted by atomic mass is 32.2. The first-order valence-electron chi connectivity index (χ1n) is 11.8. The van der Waals surface area contributed by atoms with Crippen LogP contribution >= 0.6 is 0 Å². The predicted molar refractivity (Wildman–Crippen MR) is 136 cm³/mol. The van der Waals surface area contributed by atoms with Gasteiger partial charge in [0, 0.05) is 44.4 Å². The maximum absolute atomic E-state index is 13.9. The summed E-state index contributed by atoms with van der Waals surface area (Å²) in [5, 5.41) is 0. The molecule has 3 aromatic rings. The standard InChI is InChI=1S/C27H29N3O4S/c1-20-18-28(21(2)31)15-16-29(20)23-13-14-25-27(17-23)34-19-26(22-9-5-3-6-10-22)30(25)35(32,33)24-11-7-4-8-12-24/h3-14,17,20,26H,15-16,18-19H2,1-2H3. The van der Waals surface area contributed by atoms with E-state index >= 15 is 0 Å². The highest BCUT2D eigenvalue weighted by molar-refractivity contribution is 7.92. The second kappa shape index (κ2) is 9.26. The Labute approximate surface area is 206 Å². The van der Waals surface area contributed by atoms with E-state index in [9.17, 15) is 13.2 Å². The molecule has 2 heterocycles. The molecule has 1 saturated heterocycles. The summed E-state index contributed by atoms with van der Waals surface area (Å²) in [6, 6.07) is 23.4. The van der Waals surface area contributed by atoms with Gasteiger partial charge in [-0.2, -0.15) is 0 Å². The van der Waals surface area contributed by atoms with Crippen molar-refractivity contribution in [3.63, 3.8) is 0 Å². The minimum absolute atomic E-state index is 0.0824. The van der Waals surface area contributed by atoms with Gasteiger partial charge in [0.2, 0.25) is 5.91 Å². The number of anilines is 2. The highest BCUT2D eigenvalue weighted by Gasteiger charge is 2.38. The Morgan fingerprint density at radius 1 is 0.943 bits per heavy atom. The average molecular weight is 492 g/mol. The number of sulfonamides is 1. The van der Waals surface area contributed by atoms with E-state index in [-0.39, 0.29) is 23.5 Å². The van der Waals surface area contributed by atoms with Crippen molar-refractivity contribution in [3.05, 3.63) is 84.4 Å². The lowest BCUT2D eigenvalue weighted by Crippen LogP contribution is -2.53. The third-order valence-corrected chi connectivity index (χ3v) is 8.59. The van der Waals surface area contributed by atoms with Crippen molar-refractivity contribution in [1.29, 1.82) is 0 Å². The monoisotopic (exact) mass is 491 g/mol. The van der Waals surface area contributed by atoms with Crippen LogP contribution in [-0.2, 0) is 14.8 Å². The number of hydrogen-bond donors (Lipinski definition) is 0. The summed E-state index contributed by atoms with van der Waals surface area (Å²) in [6.07, 6.45) is 0. The molecular formula is C27H29N3O4S. The van der Waals surface area contributed by atoms with Crippen molar-refractivity contribution < 1.29 is 17.9 Å². The van der Waals surface area contributed by atoms with Crippen molar-refractivity contribution in [2.75, 3.05) is 35.4 Å². The van der Waals surface area contributed by atoms with Crippen molar-refractivity contribution in [2.45, 2.75) is 30.8 Å². The Morgan fingerprint density at radius 3 is 2.29 bits per heavy atom. The lowest BCUT2D eigenvalue weighted by Gasteiger charge is -2.42. The maximum atomic E-state index is 13.9. The second-order valence-corrected chi connectivity index (χ2v) is 10.8. The summed E-state index contributed by atoms with van der Waals surface area (Å²) < 4.78 is 35.5. The van der Waals surface area contributed by atoms with Gasteiger partial charge < -0.3 is 14.5 Å². The number of benzene rings is 3. The van der Waals surface area contributed by atoms with Gasteiger partial charge in [-0.3, -0.25) is 9.10 Å². The number of hydrogen-bond acceptors (Lipinski definition) is 5. The zero-order chi connectivity index (χ0) is 24.6. The third-order valence-electron chi connectivity index (χ3n) is 6.75. The molecule has 0 aliphatic carbocycles. The Balaban J connectivity index is 1.54. The van der Waals surface area contributed by atoms with Gasteiger partial charge in [-0.05, 0) is 36.8 Å². The van der Waals surface area contributed by atoms with Crippen molar-refractivity contribution in [3.8, 4) is 5.75 Å². The molecular weight excluding hydrogens is 462 g/mol. The first-order chi connectivity index (χ1) is 16.9. The van der Waals surface area contributed by atoms with Gasteiger partial charge in [0.1, 0.15) is 18.4 Å². The van der Waals surface area contributed by atoms with E-state index in [0.717, 1.165) is 11.3 Å². The summed E-state index contributed by atoms with van der Waals surface area (Å²) >= 11 is 0. The van der Waals surface area contributed by atoms with Gasteiger partial charge in [-0.25, -0.2) is 8.42 Å². The smallest absolute Gasteiger partial charge is 0.265 e. The Bertz CT molecular complexity index is 1310. The molecule has 2 aliphatic rings. The normalized spacial score (nSPS) is 20.2. The minimum atomic E-state index is -3.84. The maximum Gasteiger partial charge on any atom is 0.265 e. The third kappa shape index (κ3) is 4.34. The van der Waals surface area contributed by atoms with Crippen molar-refractivity contribution >= 4 is 27.3 Å². The van der Waals surface area contributed by atoms with Crippen LogP contribution < -0.4 is 13.9 Å². The number of carbonyl (C=O) groups excluding carboxylic acids is 1. The minimum Gasteiger partial charge on any atom is -0.489 e. The number of nitrogens with zero attached hydrogens (tertiary/aromatic N) is 3. The zero-order valence-corrected chi connectivity index (χ0v) is 20.7. The van der Waals surface area contributed by atoms with Crippen LogP contribution in [0, 0.1) is 0 Å². The largest absolute Gasteiger partial charge is 0.489 e. The van der Waals surface area contributed by atoms with E-state index in [1.807, 2.05) is 53.4 Å². The van der Waals surface area contributed by atoms with Crippen LogP contribution in [-0.4, -0.2) is 51.5 Å². The molecule has 8 heteroatoms. The van der Waals surface area contributed by atoms with E-state index < -0.39 is 16.1 Å². The number of piperazine rings is 1. The van der Waals surface area contributed by atoms with Crippen molar-refractivity contribution in [1.82, 2.24) is 4.90 Å². The van der Waals surface area contributed by atoms with Crippen LogP contribution in [0.25, 0.3) is 0 Å². The number of ether oxygens (including phenoxy) is 1. The summed E-state index contributed by atoms with van der Waals surface area (Å²) in [5.74, 6) is 0.620. The molecule has 3 aromatic carbocycles. The van der Waals surface area contributed by atoms with E-state index in [1.54, 1.807) is 37.3 Å². The molecule has 1 fully saturated rings. The molecule has 1 amide bonds. The quantitative estimate of drug-likeness (QED) is 0.550. The first kappa shape index (κ1) is 23.2. The fraction of sp³-hybridized carbons (Fsp3) is 0.296. The van der Waals surface area contributed by atoms with Crippen LogP contribution in [0.1, 0.15) is 25.5 Å². The van der Waals surface area contributed by atoms with Gasteiger partial charge >= 0.3 is 0 Å². The second-order valence-electron chi connectivity index (χ2n) is 9.01. The van der Waals surface area contributed by atoms with Gasteiger partial charge in [0.15, 0.2) is 0 Å². The van der Waals surface area contributed by atoms with Gasteiger partial charge in [0.25, 0.3) is 10.0 Å². The summed E-state index contributed by atoms with van der Waals surface area (Å²) in [6.45, 7) is 5.91. The summed E-state index contributed by atoms with van der Waals surface area (Å²) in [7, 11) is -3.84. The zero-order valence-electron chi connectivity index (χ0n) is 19.9. The Hall–Kier alpha value is -3.52. The van der Waals surface area contributed by atoms with E-state index in [2.05, 4.69) is 11.8 Å². The molecule has 7 nitrogen and oxygen atoms in total. The SMILES string of the molecule is CC(=O)N1CCN(c2ccc3c(c2)OCC(c2ccccc2)N3S(=O)(=O)c2ccccc2)C(C)C1. The molecule has 2 atom stereocenters. The summed E-state index contributed by atoms with van der Waals surface area (Å²) in [5.41, 5.74) is 2.35. The molecule has 0 spiro atoms. The van der Waals surface area contributed by atoms with Gasteiger partial charge in [0.05, 0.1) is 10.6 Å².